The van der Waals surface area contributed by atoms with Crippen LogP contribution in [0.5, 0.6) is 0 Å². The van der Waals surface area contributed by atoms with Crippen LogP contribution in [-0.4, -0.2) is 43.8 Å². The van der Waals surface area contributed by atoms with Gasteiger partial charge in [-0.1, -0.05) is 29.4 Å². The first-order valence-electron chi connectivity index (χ1n) is 10.3. The van der Waals surface area contributed by atoms with Crippen molar-refractivity contribution in [1.82, 2.24) is 0 Å². The third kappa shape index (κ3) is 5.60. The molecule has 3 N–H and O–H groups in total. The average Bonchev–Trinajstić information content (AvgIpc) is 2.88. The zero-order valence-electron chi connectivity index (χ0n) is 17.6. The predicted molar refractivity (Wildman–Crippen MR) is 125 cm³/mol. The fourth-order valence-electron chi connectivity index (χ4n) is 4.07. The van der Waals surface area contributed by atoms with Gasteiger partial charge in [-0.3, -0.25) is 4.79 Å². The smallest absolute Gasteiger partial charge is 0.213 e. The maximum absolute atomic E-state index is 13.0. The Bertz CT molecular complexity index is 750. The van der Waals surface area contributed by atoms with E-state index in [-0.39, 0.29) is 12.4 Å². The molecule has 0 bridgehead atoms. The number of rotatable bonds is 2. The first-order chi connectivity index (χ1) is 13.6. The predicted octanol–water partition coefficient (Wildman–Crippen LogP) is 4.51. The van der Waals surface area contributed by atoms with Crippen LogP contribution in [0.2, 0.25) is 0 Å². The molecule has 0 saturated heterocycles. The van der Waals surface area contributed by atoms with Crippen molar-refractivity contribution in [2.24, 2.45) is 5.92 Å². The second-order valence-corrected chi connectivity index (χ2v) is 9.81. The van der Waals surface area contributed by atoms with Gasteiger partial charge < -0.3 is 15.3 Å². The highest BCUT2D eigenvalue weighted by Crippen LogP contribution is 2.48. The Labute approximate surface area is 185 Å². The highest BCUT2D eigenvalue weighted by molar-refractivity contribution is 7.83. The molecule has 0 spiro atoms. The fourth-order valence-corrected chi connectivity index (χ4v) is 4.82. The first-order valence-corrected chi connectivity index (χ1v) is 11.2. The Hall–Kier alpha value is -0.950. The van der Waals surface area contributed by atoms with E-state index in [1.165, 1.54) is 11.1 Å². The van der Waals surface area contributed by atoms with Crippen LogP contribution in [0.1, 0.15) is 59.3 Å². The monoisotopic (exact) mass is 438 g/mol. The molecule has 1 unspecified atom stereocenters. The van der Waals surface area contributed by atoms with Crippen molar-refractivity contribution in [2.75, 3.05) is 6.61 Å². The van der Waals surface area contributed by atoms with Crippen LogP contribution < -0.4 is 0 Å². The number of allylic oxidation sites excluding steroid dienone is 6. The average molecular weight is 439 g/mol. The molecule has 0 aromatic heterocycles. The van der Waals surface area contributed by atoms with Gasteiger partial charge in [0.1, 0.15) is 0 Å². The Morgan fingerprint density at radius 2 is 1.83 bits per heavy atom. The maximum Gasteiger partial charge on any atom is 0.213 e. The van der Waals surface area contributed by atoms with Crippen molar-refractivity contribution in [3.8, 4) is 0 Å². The summed E-state index contributed by atoms with van der Waals surface area (Å²) in [6.45, 7) is 5.75. The van der Waals surface area contributed by atoms with Crippen LogP contribution in [-0.2, 0) is 4.79 Å². The lowest BCUT2D eigenvalue weighted by Crippen LogP contribution is -2.37. The Morgan fingerprint density at radius 1 is 1.17 bits per heavy atom. The molecule has 29 heavy (non-hydrogen) atoms. The lowest BCUT2D eigenvalue weighted by molar-refractivity contribution is -0.119. The number of aliphatic hydroxyl groups excluding tert-OH is 3. The van der Waals surface area contributed by atoms with Crippen molar-refractivity contribution in [2.45, 2.75) is 75.4 Å². The highest BCUT2D eigenvalue weighted by Gasteiger charge is 2.52. The van der Waals surface area contributed by atoms with Gasteiger partial charge in [0, 0.05) is 5.92 Å². The van der Waals surface area contributed by atoms with Gasteiger partial charge in [0.2, 0.25) is 5.78 Å². The molecule has 0 aliphatic heterocycles. The lowest BCUT2D eigenvalue weighted by Gasteiger charge is -2.31. The van der Waals surface area contributed by atoms with Crippen molar-refractivity contribution in [1.29, 1.82) is 0 Å². The topological polar surface area (TPSA) is 77.8 Å². The van der Waals surface area contributed by atoms with E-state index in [2.05, 4.69) is 25.6 Å². The van der Waals surface area contributed by atoms with Gasteiger partial charge in [-0.2, -0.15) is 25.3 Å². The van der Waals surface area contributed by atoms with Crippen molar-refractivity contribution >= 4 is 31.0 Å². The lowest BCUT2D eigenvalue weighted by atomic mass is 9.82. The third-order valence-electron chi connectivity index (χ3n) is 6.17. The number of hydrogen-bond acceptors (Lipinski definition) is 6. The van der Waals surface area contributed by atoms with E-state index in [1.54, 1.807) is 0 Å². The summed E-state index contributed by atoms with van der Waals surface area (Å²) in [4.78, 5) is 13.0. The molecule has 0 radical (unpaired) electrons. The minimum Gasteiger partial charge on any atom is -0.504 e. The zero-order chi connectivity index (χ0) is 21.8. The second-order valence-electron chi connectivity index (χ2n) is 8.39. The summed E-state index contributed by atoms with van der Waals surface area (Å²) in [7, 11) is 0. The molecule has 2 aliphatic carbocycles. The molecule has 0 saturated carbocycles. The van der Waals surface area contributed by atoms with Gasteiger partial charge in [0.05, 0.1) is 22.7 Å². The molecule has 0 amide bonds. The minimum atomic E-state index is -1.09. The molecular weight excluding hydrogens is 404 g/mol. The highest BCUT2D eigenvalue weighted by atomic mass is 32.1. The van der Waals surface area contributed by atoms with E-state index in [1.807, 2.05) is 26.0 Å². The van der Waals surface area contributed by atoms with Gasteiger partial charge >= 0.3 is 0 Å². The molecule has 0 aromatic rings. The van der Waals surface area contributed by atoms with Crippen LogP contribution in [0, 0.1) is 5.92 Å². The van der Waals surface area contributed by atoms with Crippen molar-refractivity contribution < 1.29 is 20.1 Å². The second kappa shape index (κ2) is 10.4. The number of carbonyl (C=O) groups is 1. The van der Waals surface area contributed by atoms with Crippen LogP contribution in [0.3, 0.4) is 0 Å². The normalized spacial score (nSPS) is 36.7. The molecular formula is C23H34O4S2. The van der Waals surface area contributed by atoms with Gasteiger partial charge in [0.15, 0.2) is 5.76 Å². The van der Waals surface area contributed by atoms with Gasteiger partial charge in [-0.25, -0.2) is 0 Å². The first kappa shape index (κ1) is 24.3. The summed E-state index contributed by atoms with van der Waals surface area (Å²) in [5, 5.41) is 30.1. The standard InChI is InChI=1S/C23H34O4S2/c1-14-5-4-6-15(2)11-12-23(29)17(9-8-16(3)18(25)10-7-14)20(19(28)13-24)21(26)22(23)27/h5,8,11,17-19,24-26,28-29H,4,6-7,9-10,12-13H2,1-3H3/b14-5-,15-11-,16-8-/t17?,18-,19+,23+/m0/s1. The minimum absolute atomic E-state index is 0.277. The molecule has 4 atom stereocenters. The molecule has 162 valence electrons. The summed E-state index contributed by atoms with van der Waals surface area (Å²) in [5.41, 5.74) is 3.73. The molecule has 4 nitrogen and oxygen atoms in total. The van der Waals surface area contributed by atoms with E-state index in [0.717, 1.165) is 24.8 Å². The number of carbonyl (C=O) groups excluding carboxylic acids is 1. The van der Waals surface area contributed by atoms with Crippen LogP contribution in [0.4, 0.5) is 0 Å². The Balaban J connectivity index is 2.46. The Morgan fingerprint density at radius 3 is 2.48 bits per heavy atom. The number of aliphatic hydroxyl groups is 3. The summed E-state index contributed by atoms with van der Waals surface area (Å²) in [6, 6.07) is 0. The summed E-state index contributed by atoms with van der Waals surface area (Å²) in [5.74, 6) is -1.13. The van der Waals surface area contributed by atoms with Gasteiger partial charge in [-0.15, -0.1) is 0 Å². The van der Waals surface area contributed by atoms with Crippen LogP contribution in [0.15, 0.2) is 46.3 Å². The summed E-state index contributed by atoms with van der Waals surface area (Å²) in [6.07, 6.45) is 9.73. The molecule has 6 heteroatoms. The number of Topliss-reactive ketones (excluding diaryl/α,β-unsaturated/α-hetero) is 1. The molecule has 2 rings (SSSR count). The van der Waals surface area contributed by atoms with Crippen LogP contribution >= 0.6 is 25.3 Å². The number of fused-ring (bicyclic) bond motifs is 1. The van der Waals surface area contributed by atoms with E-state index in [9.17, 15) is 20.1 Å². The van der Waals surface area contributed by atoms with Crippen molar-refractivity contribution in [3.63, 3.8) is 0 Å². The van der Waals surface area contributed by atoms with Gasteiger partial charge in [0.25, 0.3) is 0 Å². The quantitative estimate of drug-likeness (QED) is 0.325. The largest absolute Gasteiger partial charge is 0.504 e. The molecule has 0 aromatic carbocycles. The summed E-state index contributed by atoms with van der Waals surface area (Å²) >= 11 is 9.17. The van der Waals surface area contributed by atoms with E-state index in [4.69, 9.17) is 12.6 Å². The zero-order valence-corrected chi connectivity index (χ0v) is 19.3. The number of thiol groups is 2. The maximum atomic E-state index is 13.0. The molecule has 0 fully saturated rings. The SMILES string of the molecule is C/C1=C/C[C@]2(S)C(=O)C(O)=C([C@H](S)CO)C2C/C=C(/C)[C@@H](O)CC/C(C)=C\CC1. The fraction of sp³-hybridized carbons (Fsp3) is 0.609. The molecule has 2 aliphatic rings. The van der Waals surface area contributed by atoms with Crippen LogP contribution in [0.25, 0.3) is 0 Å². The van der Waals surface area contributed by atoms with E-state index in [0.29, 0.717) is 24.8 Å². The van der Waals surface area contributed by atoms with Gasteiger partial charge in [-0.05, 0) is 70.4 Å². The van der Waals surface area contributed by atoms with Crippen molar-refractivity contribution in [3.05, 3.63) is 46.3 Å². The number of hydrogen-bond donors (Lipinski definition) is 5. The number of ketones is 1. The third-order valence-corrected chi connectivity index (χ3v) is 7.31. The molecule has 0 heterocycles. The van der Waals surface area contributed by atoms with E-state index < -0.39 is 27.8 Å². The summed E-state index contributed by atoms with van der Waals surface area (Å²) < 4.78 is -1.09. The Kier molecular flexibility index (Phi) is 8.71. The van der Waals surface area contributed by atoms with E-state index >= 15 is 0 Å².